The zero-order valence-electron chi connectivity index (χ0n) is 25.1. The van der Waals surface area contributed by atoms with Gasteiger partial charge in [0.25, 0.3) is 11.5 Å². The van der Waals surface area contributed by atoms with Crippen LogP contribution in [0, 0.1) is 5.92 Å². The Hall–Kier alpha value is -5.13. The van der Waals surface area contributed by atoms with Crippen molar-refractivity contribution in [3.05, 3.63) is 118 Å². The van der Waals surface area contributed by atoms with Crippen molar-refractivity contribution < 1.29 is 19.7 Å². The molecule has 0 fully saturated rings. The fourth-order valence-corrected chi connectivity index (χ4v) is 5.73. The molecule has 0 bridgehead atoms. The van der Waals surface area contributed by atoms with Crippen molar-refractivity contribution in [3.8, 4) is 11.4 Å². The van der Waals surface area contributed by atoms with Crippen molar-refractivity contribution in [2.75, 3.05) is 18.6 Å². The van der Waals surface area contributed by atoms with Crippen LogP contribution in [0.4, 0.5) is 5.69 Å². The SMILES string of the molecule is COc1ccc2c(c1)[C@@](O)([C@H](C)/C=C/CCn1cc(CCO)nn1)C(=O)N2Cc1ccc(-n2ncc3ccccc3c2=O)cc1. The molecule has 45 heavy (non-hydrogen) atoms. The summed E-state index contributed by atoms with van der Waals surface area (Å²) in [6.45, 7) is 2.63. The molecule has 1 aliphatic heterocycles. The van der Waals surface area contributed by atoms with Gasteiger partial charge < -0.3 is 19.8 Å². The third-order valence-electron chi connectivity index (χ3n) is 8.26. The number of hydrogen-bond donors (Lipinski definition) is 2. The highest BCUT2D eigenvalue weighted by Crippen LogP contribution is 2.47. The molecule has 2 aromatic heterocycles. The summed E-state index contributed by atoms with van der Waals surface area (Å²) in [5.41, 5.74) is 1.24. The van der Waals surface area contributed by atoms with Crippen LogP contribution in [0.3, 0.4) is 0 Å². The van der Waals surface area contributed by atoms with Gasteiger partial charge in [-0.05, 0) is 48.4 Å². The summed E-state index contributed by atoms with van der Waals surface area (Å²) in [5, 5.41) is 34.9. The van der Waals surface area contributed by atoms with E-state index >= 15 is 0 Å². The van der Waals surface area contributed by atoms with Gasteiger partial charge in [0, 0.05) is 42.6 Å². The minimum atomic E-state index is -1.80. The highest BCUT2D eigenvalue weighted by Gasteiger charge is 2.52. The zero-order valence-corrected chi connectivity index (χ0v) is 25.1. The number of aliphatic hydroxyl groups excluding tert-OH is 1. The summed E-state index contributed by atoms with van der Waals surface area (Å²) in [4.78, 5) is 28.6. The third-order valence-corrected chi connectivity index (χ3v) is 8.26. The molecule has 3 aromatic carbocycles. The number of aromatic nitrogens is 5. The highest BCUT2D eigenvalue weighted by molar-refractivity contribution is 6.07. The Bertz CT molecular complexity index is 1930. The van der Waals surface area contributed by atoms with Crippen LogP contribution in [0.1, 0.15) is 30.2 Å². The molecule has 230 valence electrons. The molecule has 3 heterocycles. The second-order valence-corrected chi connectivity index (χ2v) is 11.1. The molecule has 5 aromatic rings. The molecule has 0 saturated heterocycles. The fraction of sp³-hybridized carbons (Fsp3) is 0.265. The van der Waals surface area contributed by atoms with Crippen LogP contribution in [0.5, 0.6) is 5.75 Å². The first-order valence-corrected chi connectivity index (χ1v) is 14.8. The van der Waals surface area contributed by atoms with Gasteiger partial charge in [0.1, 0.15) is 5.75 Å². The Labute approximate surface area is 259 Å². The number of carbonyl (C=O) groups excluding carboxylic acids is 1. The number of fused-ring (bicyclic) bond motifs is 2. The molecule has 0 radical (unpaired) electrons. The van der Waals surface area contributed by atoms with Crippen molar-refractivity contribution in [2.45, 2.75) is 38.5 Å². The minimum absolute atomic E-state index is 0.0153. The normalized spacial score (nSPS) is 16.9. The number of hydrogen-bond acceptors (Lipinski definition) is 8. The molecule has 2 N–H and O–H groups in total. The van der Waals surface area contributed by atoms with Gasteiger partial charge in [-0.15, -0.1) is 5.10 Å². The molecule has 0 saturated carbocycles. The number of allylic oxidation sites excluding steroid dienone is 1. The molecular formula is C34H34N6O5. The van der Waals surface area contributed by atoms with Crippen molar-refractivity contribution >= 4 is 22.4 Å². The number of benzene rings is 3. The lowest BCUT2D eigenvalue weighted by molar-refractivity contribution is -0.139. The van der Waals surface area contributed by atoms with E-state index in [-0.39, 0.29) is 18.7 Å². The molecule has 11 nitrogen and oxygen atoms in total. The van der Waals surface area contributed by atoms with Crippen LogP contribution in [0.25, 0.3) is 16.5 Å². The van der Waals surface area contributed by atoms with Gasteiger partial charge in [-0.2, -0.15) is 9.78 Å². The van der Waals surface area contributed by atoms with E-state index in [4.69, 9.17) is 9.84 Å². The number of aliphatic hydroxyl groups is 2. The minimum Gasteiger partial charge on any atom is -0.497 e. The van der Waals surface area contributed by atoms with Crippen LogP contribution < -0.4 is 15.2 Å². The van der Waals surface area contributed by atoms with E-state index in [0.29, 0.717) is 47.5 Å². The Morgan fingerprint density at radius 3 is 2.64 bits per heavy atom. The molecule has 6 rings (SSSR count). The van der Waals surface area contributed by atoms with E-state index < -0.39 is 17.4 Å². The van der Waals surface area contributed by atoms with Crippen LogP contribution in [0.15, 0.2) is 96.1 Å². The maximum absolute atomic E-state index is 14.0. The number of anilines is 1. The highest BCUT2D eigenvalue weighted by atomic mass is 16.5. The number of amides is 1. The second-order valence-electron chi connectivity index (χ2n) is 11.1. The topological polar surface area (TPSA) is 136 Å². The average molecular weight is 607 g/mol. The summed E-state index contributed by atoms with van der Waals surface area (Å²) in [5.74, 6) is -0.431. The molecular weight excluding hydrogens is 572 g/mol. The lowest BCUT2D eigenvalue weighted by Gasteiger charge is -2.28. The van der Waals surface area contributed by atoms with E-state index in [0.717, 1.165) is 16.6 Å². The zero-order chi connectivity index (χ0) is 31.6. The lowest BCUT2D eigenvalue weighted by atomic mass is 9.83. The van der Waals surface area contributed by atoms with Gasteiger partial charge in [0.2, 0.25) is 0 Å². The maximum atomic E-state index is 14.0. The molecule has 0 aliphatic carbocycles. The van der Waals surface area contributed by atoms with Gasteiger partial charge in [-0.1, -0.05) is 54.6 Å². The van der Waals surface area contributed by atoms with E-state index in [1.165, 1.54) is 4.68 Å². The van der Waals surface area contributed by atoms with E-state index in [2.05, 4.69) is 15.4 Å². The summed E-state index contributed by atoms with van der Waals surface area (Å²) < 4.78 is 8.50. The Morgan fingerprint density at radius 2 is 1.87 bits per heavy atom. The molecule has 0 unspecified atom stereocenters. The number of rotatable bonds is 11. The van der Waals surface area contributed by atoms with Crippen LogP contribution >= 0.6 is 0 Å². The Kier molecular flexibility index (Phi) is 8.29. The number of carbonyl (C=O) groups is 1. The second kappa shape index (κ2) is 12.5. The lowest BCUT2D eigenvalue weighted by Crippen LogP contribution is -2.44. The van der Waals surface area contributed by atoms with Crippen molar-refractivity contribution in [3.63, 3.8) is 0 Å². The summed E-state index contributed by atoms with van der Waals surface area (Å²) in [6.07, 6.45) is 8.30. The van der Waals surface area contributed by atoms with Crippen LogP contribution in [0.2, 0.25) is 0 Å². The van der Waals surface area contributed by atoms with Gasteiger partial charge in [-0.3, -0.25) is 14.3 Å². The molecule has 1 amide bonds. The number of methoxy groups -OCH3 is 1. The van der Waals surface area contributed by atoms with Crippen LogP contribution in [-0.2, 0) is 29.9 Å². The van der Waals surface area contributed by atoms with E-state index in [1.54, 1.807) is 65.5 Å². The monoisotopic (exact) mass is 606 g/mol. The van der Waals surface area contributed by atoms with Gasteiger partial charge >= 0.3 is 0 Å². The van der Waals surface area contributed by atoms with Gasteiger partial charge in [0.15, 0.2) is 5.60 Å². The van der Waals surface area contributed by atoms with E-state index in [9.17, 15) is 14.7 Å². The van der Waals surface area contributed by atoms with Crippen molar-refractivity contribution in [1.82, 2.24) is 24.8 Å². The molecule has 11 heteroatoms. The first-order valence-electron chi connectivity index (χ1n) is 14.8. The predicted octanol–water partition coefficient (Wildman–Crippen LogP) is 3.54. The standard InChI is InChI=1S/C34H34N6O5/c1-23(7-5-6-17-38-22-26(16-18-41)36-37-38)34(44)30-19-28(45-2)14-15-31(30)39(33(34)43)21-24-10-12-27(13-11-24)40-32(42)29-9-4-3-8-25(29)20-35-40/h3-5,7-15,19-20,22-23,41,44H,6,16-18,21H2,1-2H3/b7-5+/t23-,34+/m1/s1. The van der Waals surface area contributed by atoms with Gasteiger partial charge in [-0.25, -0.2) is 0 Å². The smallest absolute Gasteiger partial charge is 0.279 e. The Balaban J connectivity index is 1.22. The third kappa shape index (κ3) is 5.63. The maximum Gasteiger partial charge on any atom is 0.279 e. The fourth-order valence-electron chi connectivity index (χ4n) is 5.73. The average Bonchev–Trinajstić information content (AvgIpc) is 3.60. The molecule has 2 atom stereocenters. The Morgan fingerprint density at radius 1 is 1.07 bits per heavy atom. The number of nitrogens with zero attached hydrogens (tertiary/aromatic N) is 6. The van der Waals surface area contributed by atoms with Crippen molar-refractivity contribution in [1.29, 1.82) is 0 Å². The number of ether oxygens (including phenoxy) is 1. The first-order chi connectivity index (χ1) is 21.8. The molecule has 1 aliphatic rings. The van der Waals surface area contributed by atoms with Crippen LogP contribution in [-0.4, -0.2) is 54.6 Å². The predicted molar refractivity (Wildman–Crippen MR) is 169 cm³/mol. The molecule has 0 spiro atoms. The van der Waals surface area contributed by atoms with Crippen molar-refractivity contribution in [2.24, 2.45) is 5.92 Å². The quantitative estimate of drug-likeness (QED) is 0.218. The number of aryl methyl sites for hydroxylation is 1. The summed E-state index contributed by atoms with van der Waals surface area (Å²) in [7, 11) is 1.55. The summed E-state index contributed by atoms with van der Waals surface area (Å²) >= 11 is 0. The summed E-state index contributed by atoms with van der Waals surface area (Å²) in [6, 6.07) is 19.9. The largest absolute Gasteiger partial charge is 0.497 e. The van der Waals surface area contributed by atoms with Gasteiger partial charge in [0.05, 0.1) is 42.3 Å². The van der Waals surface area contributed by atoms with E-state index in [1.807, 2.05) is 49.4 Å². The first kappa shape index (κ1) is 29.9.